The first-order chi connectivity index (χ1) is 12.1. The van der Waals surface area contributed by atoms with Gasteiger partial charge in [-0.05, 0) is 26.0 Å². The van der Waals surface area contributed by atoms with Crippen molar-refractivity contribution >= 4 is 28.3 Å². The van der Waals surface area contributed by atoms with Gasteiger partial charge in [0.25, 0.3) is 5.91 Å². The zero-order chi connectivity index (χ0) is 17.4. The summed E-state index contributed by atoms with van der Waals surface area (Å²) >= 11 is 1.68. The fourth-order valence-electron chi connectivity index (χ4n) is 3.20. The Hall–Kier alpha value is -2.25. The van der Waals surface area contributed by atoms with E-state index in [1.165, 1.54) is 0 Å². The second kappa shape index (κ2) is 6.57. The first kappa shape index (κ1) is 16.2. The number of thiazole rings is 1. The molecule has 1 atom stereocenters. The van der Waals surface area contributed by atoms with Gasteiger partial charge in [0.05, 0.1) is 6.04 Å². The highest BCUT2D eigenvalue weighted by Crippen LogP contribution is 2.24. The van der Waals surface area contributed by atoms with E-state index in [2.05, 4.69) is 21.8 Å². The lowest BCUT2D eigenvalue weighted by molar-refractivity contribution is 0.0555. The maximum Gasteiger partial charge on any atom is 0.289 e. The van der Waals surface area contributed by atoms with Crippen LogP contribution in [0.1, 0.15) is 34.2 Å². The summed E-state index contributed by atoms with van der Waals surface area (Å²) in [6, 6.07) is 5.78. The number of fused-ring (bicyclic) bond motifs is 1. The fourth-order valence-corrected chi connectivity index (χ4v) is 3.93. The lowest BCUT2D eigenvalue weighted by Gasteiger charge is -2.37. The Kier molecular flexibility index (Phi) is 4.27. The van der Waals surface area contributed by atoms with Crippen LogP contribution in [0.25, 0.3) is 11.1 Å². The first-order valence-electron chi connectivity index (χ1n) is 8.42. The summed E-state index contributed by atoms with van der Waals surface area (Å²) in [4.78, 5) is 25.8. The maximum absolute atomic E-state index is 12.7. The summed E-state index contributed by atoms with van der Waals surface area (Å²) in [5, 5.41) is 3.13. The third-order valence-electron chi connectivity index (χ3n) is 4.68. The normalized spacial score (nSPS) is 17.1. The molecule has 7 heteroatoms. The number of hydrogen-bond donors (Lipinski definition) is 0. The van der Waals surface area contributed by atoms with Crippen LogP contribution in [-0.2, 0) is 0 Å². The lowest BCUT2D eigenvalue weighted by atomic mass is 10.2. The molecule has 6 nitrogen and oxygen atoms in total. The SMILES string of the molecule is Cc1ccc2oc(C(=O)N3CCN(C(C)c4nccs4)CC3)cc2n1. The average molecular weight is 356 g/mol. The monoisotopic (exact) mass is 356 g/mol. The van der Waals surface area contributed by atoms with Crippen LogP contribution in [0, 0.1) is 6.92 Å². The second-order valence-corrected chi connectivity index (χ2v) is 7.25. The summed E-state index contributed by atoms with van der Waals surface area (Å²) in [6.45, 7) is 7.16. The maximum atomic E-state index is 12.7. The van der Waals surface area contributed by atoms with Gasteiger partial charge in [-0.3, -0.25) is 9.69 Å². The minimum absolute atomic E-state index is 0.0581. The summed E-state index contributed by atoms with van der Waals surface area (Å²) in [6.07, 6.45) is 1.84. The molecule has 1 fully saturated rings. The molecule has 1 aliphatic rings. The van der Waals surface area contributed by atoms with Crippen LogP contribution in [-0.4, -0.2) is 51.9 Å². The van der Waals surface area contributed by atoms with E-state index in [-0.39, 0.29) is 11.9 Å². The quantitative estimate of drug-likeness (QED) is 0.721. The van der Waals surface area contributed by atoms with E-state index in [1.54, 1.807) is 17.4 Å². The molecule has 0 bridgehead atoms. The molecule has 4 rings (SSSR count). The zero-order valence-corrected chi connectivity index (χ0v) is 15.1. The van der Waals surface area contributed by atoms with Crippen molar-refractivity contribution in [2.75, 3.05) is 26.2 Å². The van der Waals surface area contributed by atoms with Crippen molar-refractivity contribution in [2.24, 2.45) is 0 Å². The van der Waals surface area contributed by atoms with Gasteiger partial charge in [0.15, 0.2) is 11.3 Å². The van der Waals surface area contributed by atoms with Crippen LogP contribution in [0.4, 0.5) is 0 Å². The number of aryl methyl sites for hydroxylation is 1. The molecule has 1 amide bonds. The number of furan rings is 1. The van der Waals surface area contributed by atoms with E-state index in [4.69, 9.17) is 4.42 Å². The predicted molar refractivity (Wildman–Crippen MR) is 96.8 cm³/mol. The van der Waals surface area contributed by atoms with Crippen LogP contribution in [0.2, 0.25) is 0 Å². The topological polar surface area (TPSA) is 62.5 Å². The number of pyridine rings is 1. The van der Waals surface area contributed by atoms with Gasteiger partial charge in [-0.2, -0.15) is 0 Å². The van der Waals surface area contributed by atoms with Crippen LogP contribution < -0.4 is 0 Å². The highest BCUT2D eigenvalue weighted by Gasteiger charge is 2.27. The number of amides is 1. The zero-order valence-electron chi connectivity index (χ0n) is 14.3. The summed E-state index contributed by atoms with van der Waals surface area (Å²) in [7, 11) is 0. The number of aromatic nitrogens is 2. The smallest absolute Gasteiger partial charge is 0.289 e. The number of piperazine rings is 1. The van der Waals surface area contributed by atoms with Crippen molar-refractivity contribution in [2.45, 2.75) is 19.9 Å². The third-order valence-corrected chi connectivity index (χ3v) is 5.63. The van der Waals surface area contributed by atoms with Crippen molar-refractivity contribution in [3.05, 3.63) is 46.2 Å². The van der Waals surface area contributed by atoms with Gasteiger partial charge in [0.1, 0.15) is 10.5 Å². The molecule has 0 radical (unpaired) electrons. The van der Waals surface area contributed by atoms with Crippen LogP contribution in [0.15, 0.2) is 34.2 Å². The largest absolute Gasteiger partial charge is 0.449 e. The molecular formula is C18H20N4O2S. The summed E-state index contributed by atoms with van der Waals surface area (Å²) < 4.78 is 5.70. The third kappa shape index (κ3) is 3.17. The number of carbonyl (C=O) groups excluding carboxylic acids is 1. The van der Waals surface area contributed by atoms with Gasteiger partial charge >= 0.3 is 0 Å². The molecule has 3 aromatic rings. The van der Waals surface area contributed by atoms with Crippen molar-refractivity contribution in [3.8, 4) is 0 Å². The Labute approximate surface area is 150 Å². The van der Waals surface area contributed by atoms with Gasteiger partial charge in [0, 0.05) is 49.5 Å². The Bertz CT molecular complexity index is 882. The molecule has 1 unspecified atom stereocenters. The average Bonchev–Trinajstić information content (AvgIpc) is 3.30. The number of hydrogen-bond acceptors (Lipinski definition) is 6. The summed E-state index contributed by atoms with van der Waals surface area (Å²) in [5.74, 6) is 0.312. The van der Waals surface area contributed by atoms with Crippen molar-refractivity contribution in [1.82, 2.24) is 19.8 Å². The van der Waals surface area contributed by atoms with Gasteiger partial charge < -0.3 is 9.32 Å². The van der Waals surface area contributed by atoms with Gasteiger partial charge in [0.2, 0.25) is 0 Å². The number of carbonyl (C=O) groups is 1. The van der Waals surface area contributed by atoms with Gasteiger partial charge in [-0.1, -0.05) is 0 Å². The second-order valence-electron chi connectivity index (χ2n) is 6.32. The van der Waals surface area contributed by atoms with E-state index in [0.717, 1.165) is 29.3 Å². The molecule has 3 aromatic heterocycles. The molecule has 0 spiro atoms. The highest BCUT2D eigenvalue weighted by atomic mass is 32.1. The van der Waals surface area contributed by atoms with E-state index in [1.807, 2.05) is 35.5 Å². The van der Waals surface area contributed by atoms with Crippen molar-refractivity contribution in [3.63, 3.8) is 0 Å². The molecule has 4 heterocycles. The highest BCUT2D eigenvalue weighted by molar-refractivity contribution is 7.09. The Morgan fingerprint density at radius 2 is 2.08 bits per heavy atom. The Balaban J connectivity index is 1.43. The lowest BCUT2D eigenvalue weighted by Crippen LogP contribution is -2.49. The van der Waals surface area contributed by atoms with Crippen LogP contribution in [0.3, 0.4) is 0 Å². The molecule has 25 heavy (non-hydrogen) atoms. The molecule has 130 valence electrons. The molecule has 0 saturated carbocycles. The molecule has 0 N–H and O–H groups in total. The van der Waals surface area contributed by atoms with E-state index in [0.29, 0.717) is 24.4 Å². The minimum Gasteiger partial charge on any atom is -0.449 e. The Morgan fingerprint density at radius 3 is 2.80 bits per heavy atom. The molecular weight excluding hydrogens is 336 g/mol. The standard InChI is InChI=1S/C18H20N4O2S/c1-12-3-4-15-14(20-12)11-16(24-15)18(23)22-8-6-21(7-9-22)13(2)17-19-5-10-25-17/h3-5,10-11,13H,6-9H2,1-2H3. The van der Waals surface area contributed by atoms with Crippen molar-refractivity contribution < 1.29 is 9.21 Å². The number of rotatable bonds is 3. The van der Waals surface area contributed by atoms with E-state index >= 15 is 0 Å². The first-order valence-corrected chi connectivity index (χ1v) is 9.29. The Morgan fingerprint density at radius 1 is 1.28 bits per heavy atom. The molecule has 0 aliphatic carbocycles. The van der Waals surface area contributed by atoms with Gasteiger partial charge in [-0.15, -0.1) is 11.3 Å². The van der Waals surface area contributed by atoms with Crippen molar-refractivity contribution in [1.29, 1.82) is 0 Å². The molecule has 1 saturated heterocycles. The minimum atomic E-state index is -0.0581. The van der Waals surface area contributed by atoms with Gasteiger partial charge in [-0.25, -0.2) is 9.97 Å². The van der Waals surface area contributed by atoms with E-state index in [9.17, 15) is 4.79 Å². The number of nitrogens with zero attached hydrogens (tertiary/aromatic N) is 4. The van der Waals surface area contributed by atoms with E-state index < -0.39 is 0 Å². The van der Waals surface area contributed by atoms with Crippen LogP contribution in [0.5, 0.6) is 0 Å². The molecule has 0 aromatic carbocycles. The van der Waals surface area contributed by atoms with Crippen LogP contribution >= 0.6 is 11.3 Å². The fraction of sp³-hybridized carbons (Fsp3) is 0.389. The predicted octanol–water partition coefficient (Wildman–Crippen LogP) is 3.11. The summed E-state index contributed by atoms with van der Waals surface area (Å²) in [5.41, 5.74) is 2.31. The molecule has 1 aliphatic heterocycles.